The van der Waals surface area contributed by atoms with E-state index in [9.17, 15) is 13.2 Å². The number of carbonyl (C=O) groups excluding carboxylic acids is 1. The summed E-state index contributed by atoms with van der Waals surface area (Å²) in [5.41, 5.74) is 0.769. The minimum Gasteiger partial charge on any atom is -0.401 e. The van der Waals surface area contributed by atoms with Crippen LogP contribution in [0, 0.1) is 0 Å². The molecule has 0 spiro atoms. The highest BCUT2D eigenvalue weighted by molar-refractivity contribution is 7.89. The van der Waals surface area contributed by atoms with Crippen molar-refractivity contribution in [2.75, 3.05) is 11.9 Å². The molecule has 10 heteroatoms. The second-order valence-corrected chi connectivity index (χ2v) is 8.96. The fourth-order valence-electron chi connectivity index (χ4n) is 3.38. The molecule has 1 amide bonds. The van der Waals surface area contributed by atoms with Crippen molar-refractivity contribution in [2.24, 2.45) is 0 Å². The highest BCUT2D eigenvalue weighted by Gasteiger charge is 2.31. The minimum absolute atomic E-state index is 0.0300. The molecule has 1 aromatic carbocycles. The molecule has 1 aliphatic heterocycles. The Morgan fingerprint density at radius 3 is 2.63 bits per heavy atom. The van der Waals surface area contributed by atoms with Gasteiger partial charge in [-0.3, -0.25) is 15.1 Å². The molecule has 0 aliphatic carbocycles. The van der Waals surface area contributed by atoms with E-state index in [2.05, 4.69) is 20.5 Å². The number of hydrogen-bond donors (Lipinski definition) is 1. The summed E-state index contributed by atoms with van der Waals surface area (Å²) in [6.07, 6.45) is 4.33. The Morgan fingerprint density at radius 1 is 1.13 bits per heavy atom. The van der Waals surface area contributed by atoms with Gasteiger partial charge < -0.3 is 4.42 Å². The first-order valence-corrected chi connectivity index (χ1v) is 11.1. The Hall–Kier alpha value is -3.11. The number of nitrogens with one attached hydrogen (secondary N) is 1. The summed E-state index contributed by atoms with van der Waals surface area (Å²) in [4.78, 5) is 16.7. The Morgan fingerprint density at radius 2 is 1.93 bits per heavy atom. The number of benzene rings is 1. The van der Waals surface area contributed by atoms with Crippen LogP contribution in [0.5, 0.6) is 0 Å². The van der Waals surface area contributed by atoms with Crippen molar-refractivity contribution < 1.29 is 17.6 Å². The first-order valence-electron chi connectivity index (χ1n) is 9.63. The van der Waals surface area contributed by atoms with Crippen LogP contribution in [0.4, 0.5) is 6.01 Å². The van der Waals surface area contributed by atoms with Gasteiger partial charge in [-0.2, -0.15) is 4.31 Å². The zero-order chi connectivity index (χ0) is 21.1. The lowest BCUT2D eigenvalue weighted by molar-refractivity contribution is 0.102. The fourth-order valence-corrected chi connectivity index (χ4v) is 5.08. The second-order valence-electron chi connectivity index (χ2n) is 7.07. The lowest BCUT2D eigenvalue weighted by Crippen LogP contribution is -2.41. The number of pyridine rings is 1. The van der Waals surface area contributed by atoms with Gasteiger partial charge in [-0.05, 0) is 56.2 Å². The molecule has 1 fully saturated rings. The summed E-state index contributed by atoms with van der Waals surface area (Å²) in [7, 11) is -3.59. The number of anilines is 1. The van der Waals surface area contributed by atoms with Gasteiger partial charge in [-0.25, -0.2) is 8.42 Å². The van der Waals surface area contributed by atoms with Crippen LogP contribution in [0.1, 0.15) is 36.5 Å². The standard InChI is InChI=1S/C20H21N5O4S/c1-14-6-3-5-13-25(14)30(27,28)16-10-8-15(9-11-16)18(26)22-20-24-23-19(29-20)17-7-2-4-12-21-17/h2,4,7-12,14H,3,5-6,13H2,1H3,(H,22,24,26)/t14-/m1/s1. The Balaban J connectivity index is 1.46. The monoisotopic (exact) mass is 427 g/mol. The highest BCUT2D eigenvalue weighted by atomic mass is 32.2. The van der Waals surface area contributed by atoms with Crippen molar-refractivity contribution in [3.63, 3.8) is 0 Å². The molecule has 3 heterocycles. The van der Waals surface area contributed by atoms with Crippen LogP contribution >= 0.6 is 0 Å². The van der Waals surface area contributed by atoms with Crippen molar-refractivity contribution in [2.45, 2.75) is 37.1 Å². The average Bonchev–Trinajstić information content (AvgIpc) is 3.23. The summed E-state index contributed by atoms with van der Waals surface area (Å²) >= 11 is 0. The van der Waals surface area contributed by atoms with Crippen molar-refractivity contribution in [3.05, 3.63) is 54.2 Å². The maximum absolute atomic E-state index is 12.9. The zero-order valence-electron chi connectivity index (χ0n) is 16.4. The molecule has 2 aromatic heterocycles. The number of rotatable bonds is 5. The Labute approximate surface area is 174 Å². The van der Waals surface area contributed by atoms with Crippen LogP contribution in [-0.4, -0.2) is 46.4 Å². The number of carbonyl (C=O) groups is 1. The van der Waals surface area contributed by atoms with E-state index >= 15 is 0 Å². The maximum atomic E-state index is 12.9. The van der Waals surface area contributed by atoms with Crippen LogP contribution in [0.25, 0.3) is 11.6 Å². The van der Waals surface area contributed by atoms with E-state index in [0.29, 0.717) is 12.2 Å². The van der Waals surface area contributed by atoms with Crippen LogP contribution in [0.2, 0.25) is 0 Å². The summed E-state index contributed by atoms with van der Waals surface area (Å²) in [6.45, 7) is 2.43. The number of sulfonamides is 1. The van der Waals surface area contributed by atoms with Gasteiger partial charge in [0.2, 0.25) is 10.0 Å². The Kier molecular flexibility index (Phi) is 5.60. The molecule has 1 atom stereocenters. The Bertz CT molecular complexity index is 1130. The van der Waals surface area contributed by atoms with E-state index in [1.54, 1.807) is 24.4 Å². The normalized spacial score (nSPS) is 17.6. The summed E-state index contributed by atoms with van der Waals surface area (Å²) < 4.78 is 32.7. The molecule has 3 aromatic rings. The molecule has 1 saturated heterocycles. The second kappa shape index (κ2) is 8.33. The van der Waals surface area contributed by atoms with Crippen molar-refractivity contribution in [3.8, 4) is 11.6 Å². The molecule has 0 saturated carbocycles. The molecule has 0 bridgehead atoms. The molecule has 1 N–H and O–H groups in total. The van der Waals surface area contributed by atoms with E-state index in [4.69, 9.17) is 4.42 Å². The molecule has 9 nitrogen and oxygen atoms in total. The molecule has 0 unspecified atom stereocenters. The number of amides is 1. The van der Waals surface area contributed by atoms with Gasteiger partial charge in [-0.1, -0.05) is 17.6 Å². The van der Waals surface area contributed by atoms with Gasteiger partial charge in [0.15, 0.2) is 0 Å². The predicted molar refractivity (Wildman–Crippen MR) is 109 cm³/mol. The smallest absolute Gasteiger partial charge is 0.322 e. The summed E-state index contributed by atoms with van der Waals surface area (Å²) in [5, 5.41) is 10.2. The van der Waals surface area contributed by atoms with E-state index in [1.807, 2.05) is 6.92 Å². The predicted octanol–water partition coefficient (Wildman–Crippen LogP) is 2.95. The van der Waals surface area contributed by atoms with Gasteiger partial charge in [0.05, 0.1) is 4.90 Å². The fraction of sp³-hybridized carbons (Fsp3) is 0.300. The van der Waals surface area contributed by atoms with Crippen molar-refractivity contribution in [1.29, 1.82) is 0 Å². The summed E-state index contributed by atoms with van der Waals surface area (Å²) in [6, 6.07) is 11.0. The highest BCUT2D eigenvalue weighted by Crippen LogP contribution is 2.25. The molecule has 30 heavy (non-hydrogen) atoms. The number of piperidine rings is 1. The van der Waals surface area contributed by atoms with Gasteiger partial charge >= 0.3 is 6.01 Å². The van der Waals surface area contributed by atoms with Crippen LogP contribution in [0.15, 0.2) is 58.0 Å². The maximum Gasteiger partial charge on any atom is 0.322 e. The molecule has 4 rings (SSSR count). The average molecular weight is 427 g/mol. The van der Waals surface area contributed by atoms with Crippen LogP contribution in [0.3, 0.4) is 0 Å². The van der Waals surface area contributed by atoms with Crippen molar-refractivity contribution in [1.82, 2.24) is 19.5 Å². The van der Waals surface area contributed by atoms with Crippen molar-refractivity contribution >= 4 is 21.9 Å². The van der Waals surface area contributed by atoms with Gasteiger partial charge in [0.1, 0.15) is 5.69 Å². The van der Waals surface area contributed by atoms with E-state index < -0.39 is 15.9 Å². The largest absolute Gasteiger partial charge is 0.401 e. The molecule has 0 radical (unpaired) electrons. The van der Waals surface area contributed by atoms with Crippen LogP contribution < -0.4 is 5.32 Å². The third kappa shape index (κ3) is 4.10. The number of hydrogen-bond acceptors (Lipinski definition) is 7. The summed E-state index contributed by atoms with van der Waals surface area (Å²) in [5.74, 6) is -0.301. The van der Waals surface area contributed by atoms with Gasteiger partial charge in [-0.15, -0.1) is 5.10 Å². The van der Waals surface area contributed by atoms with E-state index in [0.717, 1.165) is 19.3 Å². The lowest BCUT2D eigenvalue weighted by Gasteiger charge is -2.32. The van der Waals surface area contributed by atoms with Crippen LogP contribution in [-0.2, 0) is 10.0 Å². The van der Waals surface area contributed by atoms with Gasteiger partial charge in [0.25, 0.3) is 11.8 Å². The van der Waals surface area contributed by atoms with Gasteiger partial charge in [0, 0.05) is 24.3 Å². The molecule has 1 aliphatic rings. The quantitative estimate of drug-likeness (QED) is 0.665. The zero-order valence-corrected chi connectivity index (χ0v) is 17.2. The lowest BCUT2D eigenvalue weighted by atomic mass is 10.1. The topological polar surface area (TPSA) is 118 Å². The number of aromatic nitrogens is 3. The van der Waals surface area contributed by atoms with E-state index in [-0.39, 0.29) is 28.4 Å². The molecular weight excluding hydrogens is 406 g/mol. The third-order valence-corrected chi connectivity index (χ3v) is 7.02. The SMILES string of the molecule is C[C@@H]1CCCCN1S(=O)(=O)c1ccc(C(=O)Nc2nnc(-c3ccccn3)o2)cc1. The number of nitrogens with zero attached hydrogens (tertiary/aromatic N) is 4. The third-order valence-electron chi connectivity index (χ3n) is 4.99. The molecular formula is C20H21N5O4S. The first kappa shape index (κ1) is 20.2. The first-order chi connectivity index (χ1) is 14.4. The minimum atomic E-state index is -3.59. The molecule has 156 valence electrons. The van der Waals surface area contributed by atoms with E-state index in [1.165, 1.54) is 28.6 Å².